The standard InChI is InChI=1S/C34H42N2O5.2C2H6/c1-7-34(5,6)21-26-22-36(31(37)23-35(26)32(38)41-33(2,3)4)27-17-11-12-18-28(27)40-30-20-14-13-19-29(30)39-24-25-15-9-8-10-16-25;2*1-2/h8-20,26H,7,21-24H2,1-6H3;2*1-2H3/t26-;;/m1../s1. The first kappa shape index (κ1) is 37.2. The number of benzene rings is 3. The lowest BCUT2D eigenvalue weighted by molar-refractivity contribution is -0.122. The average Bonchev–Trinajstić information content (AvgIpc) is 3.03. The van der Waals surface area contributed by atoms with Crippen LogP contribution in [0.15, 0.2) is 78.9 Å². The summed E-state index contributed by atoms with van der Waals surface area (Å²) in [4.78, 5) is 30.1. The smallest absolute Gasteiger partial charge is 0.411 e. The lowest BCUT2D eigenvalue weighted by atomic mass is 9.82. The van der Waals surface area contributed by atoms with Crippen LogP contribution in [0.2, 0.25) is 0 Å². The normalized spacial score (nSPS) is 14.8. The molecular formula is C38H54N2O5. The molecule has 0 N–H and O–H groups in total. The van der Waals surface area contributed by atoms with Crippen molar-refractivity contribution in [2.24, 2.45) is 5.41 Å². The van der Waals surface area contributed by atoms with E-state index in [-0.39, 0.29) is 23.9 Å². The maximum atomic E-state index is 13.6. The molecule has 0 unspecified atom stereocenters. The minimum absolute atomic E-state index is 0.0258. The number of hydrogen-bond donors (Lipinski definition) is 0. The van der Waals surface area contributed by atoms with Gasteiger partial charge in [-0.05, 0) is 62.4 Å². The Morgan fingerprint density at radius 1 is 0.800 bits per heavy atom. The van der Waals surface area contributed by atoms with Crippen molar-refractivity contribution in [1.29, 1.82) is 0 Å². The Kier molecular flexibility index (Phi) is 14.4. The highest BCUT2D eigenvalue weighted by molar-refractivity contribution is 5.98. The van der Waals surface area contributed by atoms with Gasteiger partial charge in [0, 0.05) is 6.54 Å². The summed E-state index contributed by atoms with van der Waals surface area (Å²) >= 11 is 0. The molecule has 1 aliphatic rings. The van der Waals surface area contributed by atoms with Crippen LogP contribution in [-0.4, -0.2) is 41.6 Å². The van der Waals surface area contributed by atoms with Gasteiger partial charge in [0.05, 0.1) is 11.7 Å². The molecule has 0 saturated carbocycles. The maximum absolute atomic E-state index is 13.6. The number of rotatable bonds is 9. The summed E-state index contributed by atoms with van der Waals surface area (Å²) in [7, 11) is 0. The van der Waals surface area contributed by atoms with Gasteiger partial charge < -0.3 is 19.1 Å². The fourth-order valence-corrected chi connectivity index (χ4v) is 4.77. The second-order valence-corrected chi connectivity index (χ2v) is 12.3. The lowest BCUT2D eigenvalue weighted by Crippen LogP contribution is -2.59. The molecule has 0 bridgehead atoms. The molecule has 45 heavy (non-hydrogen) atoms. The van der Waals surface area contributed by atoms with Crippen LogP contribution in [0.5, 0.6) is 17.2 Å². The maximum Gasteiger partial charge on any atom is 0.411 e. The Balaban J connectivity index is 0.00000169. The van der Waals surface area contributed by atoms with E-state index in [2.05, 4.69) is 20.8 Å². The molecule has 1 atom stereocenters. The monoisotopic (exact) mass is 618 g/mol. The van der Waals surface area contributed by atoms with Crippen molar-refractivity contribution in [3.05, 3.63) is 84.4 Å². The van der Waals surface area contributed by atoms with E-state index in [9.17, 15) is 9.59 Å². The highest BCUT2D eigenvalue weighted by atomic mass is 16.6. The van der Waals surface area contributed by atoms with Crippen molar-refractivity contribution in [2.75, 3.05) is 18.0 Å². The van der Waals surface area contributed by atoms with Crippen LogP contribution in [0.3, 0.4) is 0 Å². The zero-order valence-electron chi connectivity index (χ0n) is 29.1. The number of piperazine rings is 1. The Morgan fingerprint density at radius 3 is 1.96 bits per heavy atom. The molecule has 0 radical (unpaired) electrons. The molecule has 1 fully saturated rings. The summed E-state index contributed by atoms with van der Waals surface area (Å²) in [6, 6.07) is 24.7. The summed E-state index contributed by atoms with van der Waals surface area (Å²) in [5, 5.41) is 0. The topological polar surface area (TPSA) is 68.3 Å². The van der Waals surface area contributed by atoms with Crippen molar-refractivity contribution in [1.82, 2.24) is 4.90 Å². The second kappa shape index (κ2) is 17.5. The first-order chi connectivity index (χ1) is 21.5. The van der Waals surface area contributed by atoms with E-state index in [0.717, 1.165) is 18.4 Å². The molecule has 7 heteroatoms. The van der Waals surface area contributed by atoms with Gasteiger partial charge in [-0.15, -0.1) is 0 Å². The molecule has 3 aromatic rings. The predicted octanol–water partition coefficient (Wildman–Crippen LogP) is 9.89. The van der Waals surface area contributed by atoms with Gasteiger partial charge in [-0.25, -0.2) is 4.79 Å². The van der Waals surface area contributed by atoms with Crippen LogP contribution < -0.4 is 14.4 Å². The molecule has 0 aromatic heterocycles. The third kappa shape index (κ3) is 11.1. The van der Waals surface area contributed by atoms with Crippen molar-refractivity contribution in [2.45, 2.75) is 100 Å². The van der Waals surface area contributed by atoms with Crippen LogP contribution in [0.1, 0.15) is 87.6 Å². The fourth-order valence-electron chi connectivity index (χ4n) is 4.77. The number of nitrogens with zero attached hydrogens (tertiary/aromatic N) is 2. The van der Waals surface area contributed by atoms with E-state index >= 15 is 0 Å². The number of amides is 2. The van der Waals surface area contributed by atoms with Crippen molar-refractivity contribution >= 4 is 17.7 Å². The van der Waals surface area contributed by atoms with Gasteiger partial charge in [-0.2, -0.15) is 0 Å². The van der Waals surface area contributed by atoms with Gasteiger partial charge in [0.15, 0.2) is 17.2 Å². The third-order valence-corrected chi connectivity index (χ3v) is 7.28. The SMILES string of the molecule is CC.CC.CCC(C)(C)C[C@@H]1CN(c2ccccc2Oc2ccccc2OCc2ccccc2)C(=O)CN1C(=O)OC(C)(C)C. The van der Waals surface area contributed by atoms with E-state index in [0.29, 0.717) is 36.1 Å². The Morgan fingerprint density at radius 2 is 1.36 bits per heavy atom. The molecule has 0 spiro atoms. The zero-order valence-corrected chi connectivity index (χ0v) is 29.1. The molecule has 1 aliphatic heterocycles. The van der Waals surface area contributed by atoms with Crippen LogP contribution in [0, 0.1) is 5.41 Å². The van der Waals surface area contributed by atoms with Gasteiger partial charge in [0.2, 0.25) is 5.91 Å². The molecule has 0 aliphatic carbocycles. The summed E-state index contributed by atoms with van der Waals surface area (Å²) < 4.78 is 18.2. The van der Waals surface area contributed by atoms with E-state index < -0.39 is 11.7 Å². The van der Waals surface area contributed by atoms with Crippen molar-refractivity contribution in [3.63, 3.8) is 0 Å². The molecule has 7 nitrogen and oxygen atoms in total. The van der Waals surface area contributed by atoms with Crippen LogP contribution in [0.4, 0.5) is 10.5 Å². The summed E-state index contributed by atoms with van der Waals surface area (Å²) in [6.45, 7) is 20.7. The van der Waals surface area contributed by atoms with Gasteiger partial charge in [0.25, 0.3) is 0 Å². The number of anilines is 1. The van der Waals surface area contributed by atoms with E-state index in [1.165, 1.54) is 0 Å². The average molecular weight is 619 g/mol. The van der Waals surface area contributed by atoms with E-state index in [1.807, 2.05) is 127 Å². The second-order valence-electron chi connectivity index (χ2n) is 12.3. The Labute approximate surface area is 271 Å². The molecule has 3 aromatic carbocycles. The largest absolute Gasteiger partial charge is 0.485 e. The van der Waals surface area contributed by atoms with Gasteiger partial charge in [0.1, 0.15) is 18.8 Å². The minimum Gasteiger partial charge on any atom is -0.485 e. The molecule has 1 heterocycles. The predicted molar refractivity (Wildman–Crippen MR) is 184 cm³/mol. The first-order valence-electron chi connectivity index (χ1n) is 16.3. The summed E-state index contributed by atoms with van der Waals surface area (Å²) in [5.74, 6) is 1.51. The van der Waals surface area contributed by atoms with Crippen LogP contribution in [0.25, 0.3) is 0 Å². The molecule has 4 rings (SSSR count). The minimum atomic E-state index is -0.654. The summed E-state index contributed by atoms with van der Waals surface area (Å²) in [6.07, 6.45) is 1.21. The molecule has 246 valence electrons. The molecule has 2 amide bonds. The number of carbonyl (C=O) groups is 2. The molecule has 1 saturated heterocycles. The van der Waals surface area contributed by atoms with Gasteiger partial charge in [-0.1, -0.05) is 109 Å². The van der Waals surface area contributed by atoms with E-state index in [4.69, 9.17) is 14.2 Å². The number of para-hydroxylation sites is 4. The quantitative estimate of drug-likeness (QED) is 0.239. The van der Waals surface area contributed by atoms with Gasteiger partial charge in [-0.3, -0.25) is 9.69 Å². The van der Waals surface area contributed by atoms with Gasteiger partial charge >= 0.3 is 6.09 Å². The Hall–Kier alpha value is -4.00. The lowest BCUT2D eigenvalue weighted by Gasteiger charge is -2.44. The summed E-state index contributed by atoms with van der Waals surface area (Å²) in [5.41, 5.74) is 1.02. The van der Waals surface area contributed by atoms with E-state index in [1.54, 1.807) is 9.80 Å². The highest BCUT2D eigenvalue weighted by Gasteiger charge is 2.40. The fraction of sp³-hybridized carbons (Fsp3) is 0.474. The first-order valence-corrected chi connectivity index (χ1v) is 16.3. The third-order valence-electron chi connectivity index (χ3n) is 7.28. The Bertz CT molecular complexity index is 1330. The number of ether oxygens (including phenoxy) is 3. The molecular weight excluding hydrogens is 564 g/mol. The number of hydrogen-bond acceptors (Lipinski definition) is 5. The van der Waals surface area contributed by atoms with Crippen LogP contribution >= 0.6 is 0 Å². The number of carbonyl (C=O) groups excluding carboxylic acids is 2. The van der Waals surface area contributed by atoms with Crippen LogP contribution in [-0.2, 0) is 16.1 Å². The highest BCUT2D eigenvalue weighted by Crippen LogP contribution is 2.39. The zero-order chi connectivity index (χ0) is 33.6. The van der Waals surface area contributed by atoms with Crippen molar-refractivity contribution < 1.29 is 23.8 Å². The van der Waals surface area contributed by atoms with Crippen molar-refractivity contribution in [3.8, 4) is 17.2 Å².